The molecule has 0 saturated carbocycles. The number of halogens is 1. The zero-order chi connectivity index (χ0) is 17.9. The number of benzene rings is 1. The third-order valence-corrected chi connectivity index (χ3v) is 4.42. The van der Waals surface area contributed by atoms with Gasteiger partial charge in [-0.25, -0.2) is 9.18 Å². The minimum absolute atomic E-state index is 0.333. The molecule has 0 radical (unpaired) electrons. The lowest BCUT2D eigenvalue weighted by molar-refractivity contribution is 0.122. The second-order valence-corrected chi connectivity index (χ2v) is 6.12. The molecule has 4 rings (SSSR count). The summed E-state index contributed by atoms with van der Waals surface area (Å²) in [4.78, 5) is 15.5. The van der Waals surface area contributed by atoms with E-state index in [2.05, 4.69) is 10.5 Å². The molecule has 1 amide bonds. The van der Waals surface area contributed by atoms with E-state index in [1.54, 1.807) is 18.2 Å². The smallest absolute Gasteiger partial charge is 0.414 e. The molecule has 0 aliphatic carbocycles. The zero-order valence-electron chi connectivity index (χ0n) is 14.1. The number of hydrogen-bond donors (Lipinski definition) is 1. The van der Waals surface area contributed by atoms with Crippen molar-refractivity contribution in [3.63, 3.8) is 0 Å². The van der Waals surface area contributed by atoms with Crippen molar-refractivity contribution in [3.05, 3.63) is 36.3 Å². The highest BCUT2D eigenvalue weighted by molar-refractivity contribution is 5.90. The molecule has 26 heavy (non-hydrogen) atoms. The highest BCUT2D eigenvalue weighted by Gasteiger charge is 2.33. The van der Waals surface area contributed by atoms with E-state index in [1.165, 1.54) is 17.2 Å². The molecule has 8 nitrogen and oxygen atoms in total. The summed E-state index contributed by atoms with van der Waals surface area (Å²) in [5.74, 6) is 0.210. The molecule has 0 bridgehead atoms. The van der Waals surface area contributed by atoms with E-state index in [1.807, 2.05) is 4.90 Å². The fourth-order valence-corrected chi connectivity index (χ4v) is 3.09. The monoisotopic (exact) mass is 362 g/mol. The Bertz CT molecular complexity index is 764. The van der Waals surface area contributed by atoms with Gasteiger partial charge in [-0.05, 0) is 18.2 Å². The molecule has 2 aliphatic rings. The van der Waals surface area contributed by atoms with Crippen LogP contribution in [0.2, 0.25) is 0 Å². The number of nitrogens with zero attached hydrogens (tertiary/aromatic N) is 3. The lowest BCUT2D eigenvalue weighted by Crippen LogP contribution is -2.36. The lowest BCUT2D eigenvalue weighted by atomic mass is 10.2. The summed E-state index contributed by atoms with van der Waals surface area (Å²) >= 11 is 0. The Morgan fingerprint density at radius 2 is 2.12 bits per heavy atom. The van der Waals surface area contributed by atoms with Gasteiger partial charge in [-0.1, -0.05) is 5.16 Å². The van der Waals surface area contributed by atoms with Crippen molar-refractivity contribution in [3.8, 4) is 0 Å². The van der Waals surface area contributed by atoms with E-state index in [4.69, 9.17) is 14.0 Å². The molecule has 2 fully saturated rings. The lowest BCUT2D eigenvalue weighted by Gasteiger charge is -2.29. The maximum absolute atomic E-state index is 14.6. The van der Waals surface area contributed by atoms with Crippen molar-refractivity contribution >= 4 is 23.3 Å². The molecular weight excluding hydrogens is 343 g/mol. The summed E-state index contributed by atoms with van der Waals surface area (Å²) in [7, 11) is 0. The number of carbonyl (C=O) groups is 1. The van der Waals surface area contributed by atoms with Crippen molar-refractivity contribution in [2.45, 2.75) is 6.10 Å². The van der Waals surface area contributed by atoms with E-state index in [-0.39, 0.29) is 11.9 Å². The van der Waals surface area contributed by atoms with Crippen LogP contribution in [0.1, 0.15) is 0 Å². The summed E-state index contributed by atoms with van der Waals surface area (Å²) in [6.45, 7) is 3.19. The van der Waals surface area contributed by atoms with Crippen molar-refractivity contribution in [1.29, 1.82) is 0 Å². The van der Waals surface area contributed by atoms with Crippen LogP contribution >= 0.6 is 0 Å². The first kappa shape index (κ1) is 16.6. The zero-order valence-corrected chi connectivity index (χ0v) is 14.1. The summed E-state index contributed by atoms with van der Waals surface area (Å²) < 4.78 is 29.9. The van der Waals surface area contributed by atoms with Crippen LogP contribution in [-0.4, -0.2) is 56.7 Å². The van der Waals surface area contributed by atoms with Gasteiger partial charge in [-0.15, -0.1) is 0 Å². The van der Waals surface area contributed by atoms with Crippen molar-refractivity contribution in [1.82, 2.24) is 5.16 Å². The Morgan fingerprint density at radius 3 is 2.85 bits per heavy atom. The molecule has 138 valence electrons. The molecule has 3 heterocycles. The summed E-state index contributed by atoms with van der Waals surface area (Å²) in [5, 5.41) is 6.76. The molecule has 0 spiro atoms. The summed E-state index contributed by atoms with van der Waals surface area (Å²) in [6, 6.07) is 6.49. The number of ether oxygens (including phenoxy) is 2. The molecule has 1 N–H and O–H groups in total. The van der Waals surface area contributed by atoms with Crippen LogP contribution in [0.25, 0.3) is 0 Å². The SMILES string of the molecule is O=C1OC(CNc2ccon2)CN1c1ccc(N2CCOCC2)c(F)c1. The molecule has 2 saturated heterocycles. The van der Waals surface area contributed by atoms with Crippen LogP contribution in [0.15, 0.2) is 35.1 Å². The average Bonchev–Trinajstić information content (AvgIpc) is 3.30. The molecule has 2 aliphatic heterocycles. The van der Waals surface area contributed by atoms with Gasteiger partial charge < -0.3 is 24.2 Å². The third-order valence-electron chi connectivity index (χ3n) is 4.42. The standard InChI is InChI=1S/C17H19FN4O4/c18-14-9-12(1-2-15(14)21-4-7-24-8-5-21)22-11-13(26-17(22)23)10-19-16-3-6-25-20-16/h1-3,6,9,13H,4-5,7-8,10-11H2,(H,19,20). The number of anilines is 3. The Balaban J connectivity index is 1.41. The van der Waals surface area contributed by atoms with Crippen LogP contribution in [0.5, 0.6) is 0 Å². The third kappa shape index (κ3) is 3.43. The second-order valence-electron chi connectivity index (χ2n) is 6.12. The van der Waals surface area contributed by atoms with Gasteiger partial charge in [-0.2, -0.15) is 0 Å². The van der Waals surface area contributed by atoms with Crippen LogP contribution in [0.4, 0.5) is 26.4 Å². The Morgan fingerprint density at radius 1 is 1.27 bits per heavy atom. The Labute approximate surface area is 149 Å². The normalized spacial score (nSPS) is 20.3. The van der Waals surface area contributed by atoms with Crippen LogP contribution < -0.4 is 15.1 Å². The minimum atomic E-state index is -0.490. The number of hydrogen-bond acceptors (Lipinski definition) is 7. The highest BCUT2D eigenvalue weighted by atomic mass is 19.1. The number of amides is 1. The molecule has 2 aromatic rings. The van der Waals surface area contributed by atoms with Gasteiger partial charge >= 0.3 is 6.09 Å². The van der Waals surface area contributed by atoms with Crippen molar-refractivity contribution in [2.24, 2.45) is 0 Å². The van der Waals surface area contributed by atoms with E-state index in [9.17, 15) is 9.18 Å². The second kappa shape index (κ2) is 7.20. The molecule has 1 aromatic carbocycles. The number of aromatic nitrogens is 1. The largest absolute Gasteiger partial charge is 0.442 e. The molecule has 9 heteroatoms. The van der Waals surface area contributed by atoms with E-state index >= 15 is 0 Å². The molecule has 1 aromatic heterocycles. The molecule has 1 unspecified atom stereocenters. The van der Waals surface area contributed by atoms with Gasteiger partial charge in [0.05, 0.1) is 37.7 Å². The molecular formula is C17H19FN4O4. The van der Waals surface area contributed by atoms with Crippen molar-refractivity contribution in [2.75, 3.05) is 54.5 Å². The molecule has 1 atom stereocenters. The highest BCUT2D eigenvalue weighted by Crippen LogP contribution is 2.28. The van der Waals surface area contributed by atoms with Crippen LogP contribution in [0, 0.1) is 5.82 Å². The van der Waals surface area contributed by atoms with Gasteiger partial charge in [-0.3, -0.25) is 4.90 Å². The average molecular weight is 362 g/mol. The number of carbonyl (C=O) groups excluding carboxylic acids is 1. The number of rotatable bonds is 5. The van der Waals surface area contributed by atoms with Gasteiger partial charge in [0.15, 0.2) is 5.82 Å². The van der Waals surface area contributed by atoms with E-state index in [0.717, 1.165) is 0 Å². The van der Waals surface area contributed by atoms with E-state index in [0.29, 0.717) is 56.6 Å². The van der Waals surface area contributed by atoms with Gasteiger partial charge in [0.2, 0.25) is 0 Å². The fraction of sp³-hybridized carbons (Fsp3) is 0.412. The van der Waals surface area contributed by atoms with Crippen LogP contribution in [0.3, 0.4) is 0 Å². The Kier molecular flexibility index (Phi) is 4.61. The van der Waals surface area contributed by atoms with Gasteiger partial charge in [0.25, 0.3) is 0 Å². The maximum atomic E-state index is 14.6. The topological polar surface area (TPSA) is 80.1 Å². The fourth-order valence-electron chi connectivity index (χ4n) is 3.09. The minimum Gasteiger partial charge on any atom is -0.442 e. The number of nitrogens with one attached hydrogen (secondary N) is 1. The predicted octanol–water partition coefficient (Wildman–Crippen LogP) is 2.09. The Hall–Kier alpha value is -2.81. The first-order valence-electron chi connectivity index (χ1n) is 8.45. The van der Waals surface area contributed by atoms with Gasteiger partial charge in [0, 0.05) is 19.2 Å². The first-order valence-corrected chi connectivity index (χ1v) is 8.45. The summed E-state index contributed by atoms with van der Waals surface area (Å²) in [5.41, 5.74) is 1.00. The van der Waals surface area contributed by atoms with E-state index < -0.39 is 6.09 Å². The predicted molar refractivity (Wildman–Crippen MR) is 92.0 cm³/mol. The quantitative estimate of drug-likeness (QED) is 0.872. The summed E-state index contributed by atoms with van der Waals surface area (Å²) in [6.07, 6.45) is 0.602. The first-order chi connectivity index (χ1) is 12.7. The maximum Gasteiger partial charge on any atom is 0.414 e. The van der Waals surface area contributed by atoms with Crippen molar-refractivity contribution < 1.29 is 23.2 Å². The van der Waals surface area contributed by atoms with Gasteiger partial charge in [0.1, 0.15) is 18.2 Å². The van der Waals surface area contributed by atoms with Crippen LogP contribution in [-0.2, 0) is 9.47 Å². The number of morpholine rings is 1. The number of cyclic esters (lactones) is 1.